The van der Waals surface area contributed by atoms with Gasteiger partial charge in [-0.3, -0.25) is 4.90 Å². The molecule has 14 heavy (non-hydrogen) atoms. The first-order valence-electron chi connectivity index (χ1n) is 4.84. The molecule has 2 heteroatoms. The molecule has 0 bridgehead atoms. The number of nitrogens with zero attached hydrogens (tertiary/aromatic N) is 1. The largest absolute Gasteiger partial charge is 0.294 e. The number of rotatable bonds is 3. The second-order valence-corrected chi connectivity index (χ2v) is 4.28. The highest BCUT2D eigenvalue weighted by Gasteiger charge is 2.16. The predicted octanol–water partition coefficient (Wildman–Crippen LogP) is 2.90. The van der Waals surface area contributed by atoms with Crippen molar-refractivity contribution >= 4 is 15.9 Å². The molecule has 0 aromatic rings. The summed E-state index contributed by atoms with van der Waals surface area (Å²) >= 11 is 3.44. The van der Waals surface area contributed by atoms with E-state index in [4.69, 9.17) is 0 Å². The Balaban J connectivity index is 2.61. The van der Waals surface area contributed by atoms with Gasteiger partial charge in [0.25, 0.3) is 0 Å². The maximum Gasteiger partial charge on any atom is 0.0275 e. The number of halogens is 1. The molecule has 1 aliphatic rings. The highest BCUT2D eigenvalue weighted by molar-refractivity contribution is 9.09. The Morgan fingerprint density at radius 1 is 1.21 bits per heavy atom. The highest BCUT2D eigenvalue weighted by atomic mass is 79.9. The van der Waals surface area contributed by atoms with Gasteiger partial charge in [-0.2, -0.15) is 0 Å². The van der Waals surface area contributed by atoms with E-state index in [9.17, 15) is 0 Å². The van der Waals surface area contributed by atoms with Gasteiger partial charge in [0.1, 0.15) is 0 Å². The first kappa shape index (κ1) is 11.6. The van der Waals surface area contributed by atoms with E-state index in [1.54, 1.807) is 0 Å². The number of alkyl halides is 1. The monoisotopic (exact) mass is 253 g/mol. The van der Waals surface area contributed by atoms with E-state index in [0.29, 0.717) is 0 Å². The molecule has 0 aliphatic carbocycles. The summed E-state index contributed by atoms with van der Waals surface area (Å²) in [6.45, 7) is 10.5. The Kier molecular flexibility index (Phi) is 5.00. The lowest BCUT2D eigenvalue weighted by Crippen LogP contribution is -2.33. The van der Waals surface area contributed by atoms with Gasteiger partial charge in [0.15, 0.2) is 0 Å². The van der Waals surface area contributed by atoms with Gasteiger partial charge < -0.3 is 0 Å². The molecule has 1 fully saturated rings. The lowest BCUT2D eigenvalue weighted by Gasteiger charge is -2.28. The quantitative estimate of drug-likeness (QED) is 0.553. The fourth-order valence-corrected chi connectivity index (χ4v) is 1.89. The van der Waals surface area contributed by atoms with Crippen LogP contribution in [0.1, 0.15) is 12.8 Å². The third-order valence-corrected chi connectivity index (χ3v) is 2.92. The van der Waals surface area contributed by atoms with Crippen LogP contribution in [0.2, 0.25) is 0 Å². The van der Waals surface area contributed by atoms with Crippen molar-refractivity contribution in [3.63, 3.8) is 0 Å². The van der Waals surface area contributed by atoms with Crippen molar-refractivity contribution in [2.75, 3.05) is 25.0 Å². The van der Waals surface area contributed by atoms with Crippen molar-refractivity contribution in [2.24, 2.45) is 0 Å². The van der Waals surface area contributed by atoms with Crippen molar-refractivity contribution in [1.82, 2.24) is 4.90 Å². The zero-order chi connectivity index (χ0) is 10.4. The molecule has 0 aromatic heterocycles. The van der Waals surface area contributed by atoms with Gasteiger partial charge in [-0.1, -0.05) is 29.1 Å². The summed E-state index contributed by atoms with van der Waals surface area (Å²) in [5.74, 6) is 0. The van der Waals surface area contributed by atoms with Gasteiger partial charge in [0, 0.05) is 24.8 Å². The van der Waals surface area contributed by atoms with E-state index in [1.807, 2.05) is 0 Å². The third-order valence-electron chi connectivity index (χ3n) is 2.36. The van der Waals surface area contributed by atoms with Crippen LogP contribution in [0, 0.1) is 0 Å². The zero-order valence-electron chi connectivity index (χ0n) is 8.48. The van der Waals surface area contributed by atoms with E-state index < -0.39 is 0 Å². The van der Waals surface area contributed by atoms with Crippen LogP contribution in [0.3, 0.4) is 0 Å². The molecule has 0 radical (unpaired) electrons. The topological polar surface area (TPSA) is 3.24 Å². The van der Waals surface area contributed by atoms with E-state index in [-0.39, 0.29) is 0 Å². The van der Waals surface area contributed by atoms with Crippen LogP contribution < -0.4 is 0 Å². The van der Waals surface area contributed by atoms with E-state index in [2.05, 4.69) is 45.5 Å². The molecule has 1 nitrogen and oxygen atoms in total. The first-order valence-corrected chi connectivity index (χ1v) is 5.96. The van der Waals surface area contributed by atoms with Crippen LogP contribution in [0.4, 0.5) is 0 Å². The average Bonchev–Trinajstić information content (AvgIpc) is 2.25. The number of piperidine rings is 1. The standard InChI is InChI=1S/C12H16BrN/c1-3-11-8-12(4-2)10-14(9-11)7-5-6-13/h1-2,5-10H2. The summed E-state index contributed by atoms with van der Waals surface area (Å²) in [6, 6.07) is 0. The summed E-state index contributed by atoms with van der Waals surface area (Å²) in [7, 11) is 0. The molecule has 0 unspecified atom stereocenters. The van der Waals surface area contributed by atoms with Crippen LogP contribution in [-0.4, -0.2) is 29.9 Å². The first-order chi connectivity index (χ1) is 6.80. The minimum absolute atomic E-state index is 0.956. The van der Waals surface area contributed by atoms with Crippen LogP contribution in [0.5, 0.6) is 0 Å². The molecule has 1 aliphatic heterocycles. The molecule has 0 N–H and O–H groups in total. The molecule has 1 saturated heterocycles. The molecule has 0 atom stereocenters. The number of hydrogen-bond acceptors (Lipinski definition) is 1. The Morgan fingerprint density at radius 2 is 1.79 bits per heavy atom. The fraction of sp³-hybridized carbons (Fsp3) is 0.500. The molecule has 0 aromatic carbocycles. The number of hydrogen-bond donors (Lipinski definition) is 0. The van der Waals surface area contributed by atoms with Crippen molar-refractivity contribution in [1.29, 1.82) is 0 Å². The molecule has 0 saturated carbocycles. The Hall–Kier alpha value is -0.520. The molecule has 1 heterocycles. The summed E-state index contributed by atoms with van der Waals surface area (Å²) in [5.41, 5.74) is 8.52. The van der Waals surface area contributed by atoms with Crippen LogP contribution in [-0.2, 0) is 0 Å². The average molecular weight is 254 g/mol. The number of likely N-dealkylation sites (tertiary alicyclic amines) is 1. The highest BCUT2D eigenvalue weighted by Crippen LogP contribution is 2.18. The summed E-state index contributed by atoms with van der Waals surface area (Å²) < 4.78 is 0. The smallest absolute Gasteiger partial charge is 0.0275 e. The van der Waals surface area contributed by atoms with Crippen molar-refractivity contribution < 1.29 is 0 Å². The van der Waals surface area contributed by atoms with Gasteiger partial charge in [-0.05, 0) is 24.1 Å². The Bertz CT molecular complexity index is 267. The van der Waals surface area contributed by atoms with Crippen LogP contribution >= 0.6 is 15.9 Å². The molecule has 0 amide bonds. The van der Waals surface area contributed by atoms with E-state index in [0.717, 1.165) is 31.4 Å². The lowest BCUT2D eigenvalue weighted by molar-refractivity contribution is 0.302. The molecular weight excluding hydrogens is 238 g/mol. The normalized spacial score (nSPS) is 17.8. The minimum atomic E-state index is 0.956. The maximum atomic E-state index is 3.71. The molecule has 76 valence electrons. The SMILES string of the molecule is C=C=C1CC(=C=C)CN(CCCBr)C1. The van der Waals surface area contributed by atoms with Crippen LogP contribution in [0.15, 0.2) is 35.8 Å². The summed E-state index contributed by atoms with van der Waals surface area (Å²) in [5, 5.41) is 1.06. The van der Waals surface area contributed by atoms with Gasteiger partial charge in [0.2, 0.25) is 0 Å². The Morgan fingerprint density at radius 3 is 2.21 bits per heavy atom. The molecule has 0 spiro atoms. The lowest BCUT2D eigenvalue weighted by atomic mass is 10.0. The second kappa shape index (κ2) is 6.06. The van der Waals surface area contributed by atoms with Gasteiger partial charge >= 0.3 is 0 Å². The van der Waals surface area contributed by atoms with Crippen molar-refractivity contribution in [2.45, 2.75) is 12.8 Å². The summed E-state index contributed by atoms with van der Waals surface area (Å²) in [4.78, 5) is 2.39. The Labute approximate surface area is 94.6 Å². The zero-order valence-corrected chi connectivity index (χ0v) is 10.1. The summed E-state index contributed by atoms with van der Waals surface area (Å²) in [6.07, 6.45) is 2.13. The molecule has 1 rings (SSSR count). The molecular formula is C12H16BrN. The predicted molar refractivity (Wildman–Crippen MR) is 64.8 cm³/mol. The van der Waals surface area contributed by atoms with Crippen LogP contribution in [0.25, 0.3) is 0 Å². The van der Waals surface area contributed by atoms with Gasteiger partial charge in [0.05, 0.1) is 0 Å². The fourth-order valence-electron chi connectivity index (χ4n) is 1.64. The van der Waals surface area contributed by atoms with E-state index >= 15 is 0 Å². The van der Waals surface area contributed by atoms with Crippen molar-refractivity contribution in [3.8, 4) is 0 Å². The minimum Gasteiger partial charge on any atom is -0.294 e. The second-order valence-electron chi connectivity index (χ2n) is 3.49. The van der Waals surface area contributed by atoms with Crippen molar-refractivity contribution in [3.05, 3.63) is 35.8 Å². The van der Waals surface area contributed by atoms with Gasteiger partial charge in [-0.15, -0.1) is 11.5 Å². The van der Waals surface area contributed by atoms with Gasteiger partial charge in [-0.25, -0.2) is 0 Å². The van der Waals surface area contributed by atoms with E-state index in [1.165, 1.54) is 17.6 Å². The maximum absolute atomic E-state index is 3.71. The third kappa shape index (κ3) is 3.32.